The molecule has 1 atom stereocenters. The monoisotopic (exact) mass is 263 g/mol. The number of benzene rings is 1. The third-order valence-electron chi connectivity index (χ3n) is 2.68. The van der Waals surface area contributed by atoms with E-state index in [0.717, 1.165) is 11.4 Å². The molecule has 1 aromatic carbocycles. The zero-order valence-electron chi connectivity index (χ0n) is 10.1. The molecule has 1 N–H and O–H groups in total. The van der Waals surface area contributed by atoms with E-state index in [1.54, 1.807) is 24.6 Å². The molecular formula is C12H13N3O2S. The van der Waals surface area contributed by atoms with Crippen LogP contribution in [0.3, 0.4) is 0 Å². The van der Waals surface area contributed by atoms with Gasteiger partial charge in [0.25, 0.3) is 5.69 Å². The second-order valence-corrected chi connectivity index (χ2v) is 4.76. The Bertz CT molecular complexity index is 554. The molecule has 0 saturated carbocycles. The van der Waals surface area contributed by atoms with Gasteiger partial charge >= 0.3 is 0 Å². The zero-order valence-corrected chi connectivity index (χ0v) is 10.9. The maximum Gasteiger partial charge on any atom is 0.274 e. The number of nitro groups is 1. The zero-order chi connectivity index (χ0) is 13.1. The van der Waals surface area contributed by atoms with Crippen LogP contribution in [0, 0.1) is 17.0 Å². The fraction of sp³-hybridized carbons (Fsp3) is 0.250. The van der Waals surface area contributed by atoms with Gasteiger partial charge in [-0.15, -0.1) is 11.3 Å². The highest BCUT2D eigenvalue weighted by molar-refractivity contribution is 7.07. The third-order valence-corrected chi connectivity index (χ3v) is 3.29. The fourth-order valence-electron chi connectivity index (χ4n) is 1.66. The Kier molecular flexibility index (Phi) is 3.57. The van der Waals surface area contributed by atoms with Crippen molar-refractivity contribution < 1.29 is 4.92 Å². The highest BCUT2D eigenvalue weighted by Crippen LogP contribution is 2.25. The SMILES string of the molecule is Cc1ccc(NC(C)c2cscn2)cc1[N+](=O)[O-]. The minimum atomic E-state index is -0.367. The van der Waals surface area contributed by atoms with Crippen LogP contribution in [0.1, 0.15) is 24.2 Å². The summed E-state index contributed by atoms with van der Waals surface area (Å²) in [6.07, 6.45) is 0. The van der Waals surface area contributed by atoms with Gasteiger partial charge in [0, 0.05) is 22.7 Å². The molecule has 0 bridgehead atoms. The molecule has 94 valence electrons. The van der Waals surface area contributed by atoms with Crippen molar-refractivity contribution in [2.45, 2.75) is 19.9 Å². The van der Waals surface area contributed by atoms with Crippen LogP contribution in [0.2, 0.25) is 0 Å². The molecule has 0 aliphatic carbocycles. The van der Waals surface area contributed by atoms with Gasteiger partial charge in [-0.1, -0.05) is 6.07 Å². The second kappa shape index (κ2) is 5.14. The molecule has 0 aliphatic rings. The largest absolute Gasteiger partial charge is 0.377 e. The van der Waals surface area contributed by atoms with Crippen molar-refractivity contribution in [3.05, 3.63) is 50.5 Å². The van der Waals surface area contributed by atoms with Gasteiger partial charge in [-0.05, 0) is 19.9 Å². The Hall–Kier alpha value is -1.95. The first-order valence-electron chi connectivity index (χ1n) is 5.47. The van der Waals surface area contributed by atoms with E-state index < -0.39 is 0 Å². The highest BCUT2D eigenvalue weighted by atomic mass is 32.1. The molecular weight excluding hydrogens is 250 g/mol. The van der Waals surface area contributed by atoms with Gasteiger partial charge in [-0.25, -0.2) is 4.98 Å². The van der Waals surface area contributed by atoms with Crippen LogP contribution in [0.5, 0.6) is 0 Å². The molecule has 18 heavy (non-hydrogen) atoms. The number of aromatic nitrogens is 1. The Labute approximate surface area is 109 Å². The predicted octanol–water partition coefficient (Wildman–Crippen LogP) is 3.53. The first kappa shape index (κ1) is 12.5. The standard InChI is InChI=1S/C12H13N3O2S/c1-8-3-4-10(5-12(8)15(16)17)14-9(2)11-6-18-7-13-11/h3-7,9,14H,1-2H3. The van der Waals surface area contributed by atoms with E-state index in [2.05, 4.69) is 10.3 Å². The summed E-state index contributed by atoms with van der Waals surface area (Å²) in [5.74, 6) is 0. The number of anilines is 1. The smallest absolute Gasteiger partial charge is 0.274 e. The lowest BCUT2D eigenvalue weighted by Crippen LogP contribution is -2.07. The normalized spacial score (nSPS) is 12.1. The summed E-state index contributed by atoms with van der Waals surface area (Å²) in [7, 11) is 0. The minimum absolute atomic E-state index is 0.0264. The van der Waals surface area contributed by atoms with Gasteiger partial charge in [-0.3, -0.25) is 10.1 Å². The number of rotatable bonds is 4. The summed E-state index contributed by atoms with van der Waals surface area (Å²) in [6, 6.07) is 5.16. The van der Waals surface area contributed by atoms with Crippen LogP contribution >= 0.6 is 11.3 Å². The van der Waals surface area contributed by atoms with E-state index in [1.165, 1.54) is 11.3 Å². The molecule has 0 saturated heterocycles. The van der Waals surface area contributed by atoms with Gasteiger partial charge in [0.2, 0.25) is 0 Å². The molecule has 1 aromatic heterocycles. The van der Waals surface area contributed by atoms with Crippen molar-refractivity contribution in [2.75, 3.05) is 5.32 Å². The molecule has 2 aromatic rings. The predicted molar refractivity (Wildman–Crippen MR) is 72.0 cm³/mol. The minimum Gasteiger partial charge on any atom is -0.377 e. The summed E-state index contributed by atoms with van der Waals surface area (Å²) >= 11 is 1.53. The van der Waals surface area contributed by atoms with E-state index in [0.29, 0.717) is 5.56 Å². The number of thiazole rings is 1. The Morgan fingerprint density at radius 2 is 2.28 bits per heavy atom. The van der Waals surface area contributed by atoms with Crippen LogP contribution in [0.4, 0.5) is 11.4 Å². The van der Waals surface area contributed by atoms with Gasteiger partial charge in [0.1, 0.15) is 0 Å². The number of aryl methyl sites for hydroxylation is 1. The first-order valence-corrected chi connectivity index (χ1v) is 6.42. The second-order valence-electron chi connectivity index (χ2n) is 4.04. The molecule has 0 spiro atoms. The van der Waals surface area contributed by atoms with Crippen LogP contribution in [-0.4, -0.2) is 9.91 Å². The number of hydrogen-bond donors (Lipinski definition) is 1. The Balaban J connectivity index is 2.20. The van der Waals surface area contributed by atoms with Gasteiger partial charge in [-0.2, -0.15) is 0 Å². The Morgan fingerprint density at radius 1 is 1.50 bits per heavy atom. The molecule has 0 radical (unpaired) electrons. The lowest BCUT2D eigenvalue weighted by molar-refractivity contribution is -0.385. The average Bonchev–Trinajstić information content (AvgIpc) is 2.85. The van der Waals surface area contributed by atoms with Crippen molar-refractivity contribution >= 4 is 22.7 Å². The lowest BCUT2D eigenvalue weighted by Gasteiger charge is -2.13. The van der Waals surface area contributed by atoms with Crippen molar-refractivity contribution in [3.8, 4) is 0 Å². The van der Waals surface area contributed by atoms with E-state index in [4.69, 9.17) is 0 Å². The van der Waals surface area contributed by atoms with Crippen molar-refractivity contribution in [3.63, 3.8) is 0 Å². The highest BCUT2D eigenvalue weighted by Gasteiger charge is 2.13. The van der Waals surface area contributed by atoms with Crippen molar-refractivity contribution in [2.24, 2.45) is 0 Å². The summed E-state index contributed by atoms with van der Waals surface area (Å²) in [6.45, 7) is 3.70. The van der Waals surface area contributed by atoms with Gasteiger partial charge in [0.15, 0.2) is 0 Å². The quantitative estimate of drug-likeness (QED) is 0.676. The van der Waals surface area contributed by atoms with Crippen LogP contribution in [0.15, 0.2) is 29.1 Å². The van der Waals surface area contributed by atoms with E-state index >= 15 is 0 Å². The Morgan fingerprint density at radius 3 is 2.89 bits per heavy atom. The van der Waals surface area contributed by atoms with Crippen molar-refractivity contribution in [1.29, 1.82) is 0 Å². The maximum absolute atomic E-state index is 10.9. The van der Waals surface area contributed by atoms with Crippen molar-refractivity contribution in [1.82, 2.24) is 4.98 Å². The number of hydrogen-bond acceptors (Lipinski definition) is 5. The molecule has 1 unspecified atom stereocenters. The molecule has 0 fully saturated rings. The molecule has 2 rings (SSSR count). The first-order chi connectivity index (χ1) is 8.58. The van der Waals surface area contributed by atoms with Gasteiger partial charge < -0.3 is 5.32 Å². The third kappa shape index (κ3) is 2.65. The maximum atomic E-state index is 10.9. The summed E-state index contributed by atoms with van der Waals surface area (Å²) in [5, 5.41) is 16.0. The fourth-order valence-corrected chi connectivity index (χ4v) is 2.30. The van der Waals surface area contributed by atoms with Gasteiger partial charge in [0.05, 0.1) is 22.2 Å². The summed E-state index contributed by atoms with van der Waals surface area (Å²) in [4.78, 5) is 14.7. The van der Waals surface area contributed by atoms with Crippen LogP contribution < -0.4 is 5.32 Å². The van der Waals surface area contributed by atoms with E-state index in [1.807, 2.05) is 18.4 Å². The van der Waals surface area contributed by atoms with E-state index in [-0.39, 0.29) is 16.7 Å². The molecule has 1 heterocycles. The molecule has 0 aliphatic heterocycles. The van der Waals surface area contributed by atoms with E-state index in [9.17, 15) is 10.1 Å². The van der Waals surface area contributed by atoms with Crippen LogP contribution in [0.25, 0.3) is 0 Å². The average molecular weight is 263 g/mol. The summed E-state index contributed by atoms with van der Waals surface area (Å²) in [5.41, 5.74) is 4.22. The van der Waals surface area contributed by atoms with Crippen LogP contribution in [-0.2, 0) is 0 Å². The number of nitro benzene ring substituents is 1. The number of nitrogens with one attached hydrogen (secondary N) is 1. The summed E-state index contributed by atoms with van der Waals surface area (Å²) < 4.78 is 0. The lowest BCUT2D eigenvalue weighted by atomic mass is 10.1. The topological polar surface area (TPSA) is 68.1 Å². The molecule has 0 amide bonds. The molecule has 6 heteroatoms. The molecule has 5 nitrogen and oxygen atoms in total. The number of nitrogens with zero attached hydrogens (tertiary/aromatic N) is 2.